The second-order valence-corrected chi connectivity index (χ2v) is 7.10. The summed E-state index contributed by atoms with van der Waals surface area (Å²) in [6, 6.07) is 11.7. The highest BCUT2D eigenvalue weighted by Gasteiger charge is 2.23. The van der Waals surface area contributed by atoms with Crippen LogP contribution >= 0.6 is 0 Å². The number of carbonyl (C=O) groups excluding carboxylic acids is 3. The van der Waals surface area contributed by atoms with E-state index in [0.29, 0.717) is 30.4 Å². The van der Waals surface area contributed by atoms with E-state index in [1.165, 1.54) is 6.92 Å². The molecule has 0 atom stereocenters. The Morgan fingerprint density at radius 2 is 1.57 bits per heavy atom. The first-order valence-corrected chi connectivity index (χ1v) is 9.37. The Bertz CT molecular complexity index is 889. The van der Waals surface area contributed by atoms with Gasteiger partial charge in [0, 0.05) is 31.4 Å². The highest BCUT2D eigenvalue weighted by molar-refractivity contribution is 6.04. The number of pyridine rings is 1. The zero-order chi connectivity index (χ0) is 20.1. The lowest BCUT2D eigenvalue weighted by atomic mass is 9.99. The molecule has 0 unspecified atom stereocenters. The summed E-state index contributed by atoms with van der Waals surface area (Å²) in [6.07, 6.45) is 1.97. The Kier molecular flexibility index (Phi) is 6.03. The lowest BCUT2D eigenvalue weighted by molar-refractivity contribution is -0.114. The van der Waals surface area contributed by atoms with Crippen LogP contribution in [0.2, 0.25) is 0 Å². The van der Waals surface area contributed by atoms with Crippen molar-refractivity contribution in [2.45, 2.75) is 26.7 Å². The first-order valence-electron chi connectivity index (χ1n) is 9.37. The number of hydrogen-bond donors (Lipinski definition) is 2. The molecule has 0 bridgehead atoms. The Morgan fingerprint density at radius 3 is 2.25 bits per heavy atom. The summed E-state index contributed by atoms with van der Waals surface area (Å²) >= 11 is 0. The van der Waals surface area contributed by atoms with Crippen LogP contribution in [0.5, 0.6) is 0 Å². The lowest BCUT2D eigenvalue weighted by Gasteiger charge is -2.30. The summed E-state index contributed by atoms with van der Waals surface area (Å²) in [7, 11) is 0. The zero-order valence-electron chi connectivity index (χ0n) is 16.1. The normalized spacial score (nSPS) is 14.4. The molecule has 3 rings (SSSR count). The van der Waals surface area contributed by atoms with Crippen molar-refractivity contribution >= 4 is 29.1 Å². The van der Waals surface area contributed by atoms with Crippen LogP contribution < -0.4 is 10.6 Å². The Morgan fingerprint density at radius 1 is 0.964 bits per heavy atom. The Balaban J connectivity index is 1.70. The molecular weight excluding hydrogens is 356 g/mol. The van der Waals surface area contributed by atoms with Crippen molar-refractivity contribution in [3.05, 3.63) is 53.9 Å². The number of hydrogen-bond acceptors (Lipinski definition) is 4. The van der Waals surface area contributed by atoms with E-state index in [-0.39, 0.29) is 23.2 Å². The molecule has 1 aromatic heterocycles. The van der Waals surface area contributed by atoms with Crippen LogP contribution in [0.4, 0.5) is 11.4 Å². The van der Waals surface area contributed by atoms with Gasteiger partial charge in [0.25, 0.3) is 11.8 Å². The van der Waals surface area contributed by atoms with Gasteiger partial charge in [0.2, 0.25) is 5.91 Å². The molecule has 2 heterocycles. The number of anilines is 2. The largest absolute Gasteiger partial charge is 0.337 e. The average molecular weight is 380 g/mol. The van der Waals surface area contributed by atoms with Gasteiger partial charge in [0.05, 0.1) is 0 Å². The fraction of sp³-hybridized carbons (Fsp3) is 0.333. The van der Waals surface area contributed by atoms with Crippen molar-refractivity contribution < 1.29 is 14.4 Å². The van der Waals surface area contributed by atoms with E-state index in [0.717, 1.165) is 12.8 Å². The van der Waals surface area contributed by atoms with Gasteiger partial charge in [-0.1, -0.05) is 19.1 Å². The molecule has 0 aliphatic carbocycles. The molecule has 1 fully saturated rings. The second-order valence-electron chi connectivity index (χ2n) is 7.10. The highest BCUT2D eigenvalue weighted by atomic mass is 16.2. The zero-order valence-corrected chi connectivity index (χ0v) is 16.1. The predicted molar refractivity (Wildman–Crippen MR) is 107 cm³/mol. The fourth-order valence-corrected chi connectivity index (χ4v) is 3.13. The van der Waals surface area contributed by atoms with Crippen molar-refractivity contribution in [1.29, 1.82) is 0 Å². The van der Waals surface area contributed by atoms with Gasteiger partial charge in [-0.05, 0) is 49.1 Å². The molecule has 146 valence electrons. The minimum absolute atomic E-state index is 0.144. The maximum atomic E-state index is 12.7. The van der Waals surface area contributed by atoms with E-state index in [9.17, 15) is 14.4 Å². The van der Waals surface area contributed by atoms with Crippen molar-refractivity contribution in [3.8, 4) is 0 Å². The summed E-state index contributed by atoms with van der Waals surface area (Å²) in [6.45, 7) is 5.04. The summed E-state index contributed by atoms with van der Waals surface area (Å²) < 4.78 is 0. The maximum absolute atomic E-state index is 12.7. The molecule has 0 saturated carbocycles. The molecule has 1 aromatic carbocycles. The molecule has 3 amide bonds. The average Bonchev–Trinajstić information content (AvgIpc) is 2.68. The number of benzene rings is 1. The topological polar surface area (TPSA) is 91.4 Å². The first-order chi connectivity index (χ1) is 13.4. The number of amides is 3. The monoisotopic (exact) mass is 380 g/mol. The van der Waals surface area contributed by atoms with Crippen LogP contribution in [0.1, 0.15) is 47.7 Å². The van der Waals surface area contributed by atoms with Gasteiger partial charge in [-0.3, -0.25) is 14.4 Å². The fourth-order valence-electron chi connectivity index (χ4n) is 3.13. The molecule has 7 heteroatoms. The van der Waals surface area contributed by atoms with Crippen LogP contribution in [0.15, 0.2) is 42.5 Å². The smallest absolute Gasteiger partial charge is 0.274 e. The highest BCUT2D eigenvalue weighted by Crippen LogP contribution is 2.18. The standard InChI is InChI=1S/C21H24N4O3/c1-14-9-11-25(12-10-14)21(28)19-8-4-7-18(24-19)20(27)23-17-6-3-5-16(13-17)22-15(2)26/h3-8,13-14H,9-12H2,1-2H3,(H,22,26)(H,23,27). The third-order valence-electron chi connectivity index (χ3n) is 4.71. The molecule has 2 N–H and O–H groups in total. The van der Waals surface area contributed by atoms with E-state index in [1.807, 2.05) is 0 Å². The number of likely N-dealkylation sites (tertiary alicyclic amines) is 1. The van der Waals surface area contributed by atoms with Gasteiger partial charge >= 0.3 is 0 Å². The minimum atomic E-state index is -0.415. The summed E-state index contributed by atoms with van der Waals surface area (Å²) in [4.78, 5) is 42.5. The number of nitrogens with zero attached hydrogens (tertiary/aromatic N) is 2. The molecule has 2 aromatic rings. The van der Waals surface area contributed by atoms with E-state index >= 15 is 0 Å². The molecule has 28 heavy (non-hydrogen) atoms. The molecule has 7 nitrogen and oxygen atoms in total. The summed E-state index contributed by atoms with van der Waals surface area (Å²) in [5, 5.41) is 5.41. The number of piperidine rings is 1. The van der Waals surface area contributed by atoms with Gasteiger partial charge in [-0.25, -0.2) is 4.98 Å². The first kappa shape index (κ1) is 19.5. The lowest BCUT2D eigenvalue weighted by Crippen LogP contribution is -2.38. The number of rotatable bonds is 4. The number of carbonyl (C=O) groups is 3. The van der Waals surface area contributed by atoms with E-state index < -0.39 is 5.91 Å². The second kappa shape index (κ2) is 8.65. The van der Waals surface area contributed by atoms with Gasteiger partial charge in [-0.2, -0.15) is 0 Å². The molecule has 1 aliphatic heterocycles. The third kappa shape index (κ3) is 4.94. The van der Waals surface area contributed by atoms with Gasteiger partial charge < -0.3 is 15.5 Å². The van der Waals surface area contributed by atoms with Crippen LogP contribution in [0, 0.1) is 5.92 Å². The molecular formula is C21H24N4O3. The quantitative estimate of drug-likeness (QED) is 0.852. The molecule has 1 aliphatic rings. The van der Waals surface area contributed by atoms with Crippen molar-refractivity contribution in [3.63, 3.8) is 0 Å². The van der Waals surface area contributed by atoms with E-state index in [4.69, 9.17) is 0 Å². The van der Waals surface area contributed by atoms with Crippen LogP contribution in [0.3, 0.4) is 0 Å². The van der Waals surface area contributed by atoms with E-state index in [1.54, 1.807) is 47.4 Å². The SMILES string of the molecule is CC(=O)Nc1cccc(NC(=O)c2cccc(C(=O)N3CCC(C)CC3)n2)c1. The number of aromatic nitrogens is 1. The molecule has 0 spiro atoms. The molecule has 0 radical (unpaired) electrons. The maximum Gasteiger partial charge on any atom is 0.274 e. The summed E-state index contributed by atoms with van der Waals surface area (Å²) in [5.41, 5.74) is 1.55. The van der Waals surface area contributed by atoms with Crippen molar-refractivity contribution in [2.24, 2.45) is 5.92 Å². The predicted octanol–water partition coefficient (Wildman–Crippen LogP) is 3.16. The van der Waals surface area contributed by atoms with E-state index in [2.05, 4.69) is 22.5 Å². The van der Waals surface area contributed by atoms with Crippen LogP contribution in [-0.4, -0.2) is 40.7 Å². The number of nitrogens with one attached hydrogen (secondary N) is 2. The molecule has 1 saturated heterocycles. The Hall–Kier alpha value is -3.22. The van der Waals surface area contributed by atoms with Crippen LogP contribution in [-0.2, 0) is 4.79 Å². The third-order valence-corrected chi connectivity index (χ3v) is 4.71. The Labute approximate surface area is 164 Å². The van der Waals surface area contributed by atoms with Crippen molar-refractivity contribution in [1.82, 2.24) is 9.88 Å². The van der Waals surface area contributed by atoms with Gasteiger partial charge in [0.1, 0.15) is 11.4 Å². The van der Waals surface area contributed by atoms with Gasteiger partial charge in [0.15, 0.2) is 0 Å². The minimum Gasteiger partial charge on any atom is -0.337 e. The van der Waals surface area contributed by atoms with Crippen molar-refractivity contribution in [2.75, 3.05) is 23.7 Å². The summed E-state index contributed by atoms with van der Waals surface area (Å²) in [5.74, 6) is -0.123. The van der Waals surface area contributed by atoms with Gasteiger partial charge in [-0.15, -0.1) is 0 Å². The van der Waals surface area contributed by atoms with Crippen LogP contribution in [0.25, 0.3) is 0 Å².